The third-order valence-corrected chi connectivity index (χ3v) is 7.13. The highest BCUT2D eigenvalue weighted by Gasteiger charge is 2.25. The van der Waals surface area contributed by atoms with E-state index in [-0.39, 0.29) is 11.4 Å². The van der Waals surface area contributed by atoms with E-state index in [1.807, 2.05) is 19.1 Å². The van der Waals surface area contributed by atoms with Crippen LogP contribution in [0.25, 0.3) is 33.2 Å². The van der Waals surface area contributed by atoms with Crippen molar-refractivity contribution in [2.24, 2.45) is 0 Å². The van der Waals surface area contributed by atoms with Gasteiger partial charge < -0.3 is 9.30 Å². The first kappa shape index (κ1) is 25.5. The van der Waals surface area contributed by atoms with Gasteiger partial charge in [-0.05, 0) is 59.2 Å². The van der Waals surface area contributed by atoms with Gasteiger partial charge in [0, 0.05) is 23.0 Å². The molecule has 0 spiro atoms. The van der Waals surface area contributed by atoms with Gasteiger partial charge >= 0.3 is 5.97 Å². The second-order valence-electron chi connectivity index (χ2n) is 10.9. The molecule has 5 rings (SSSR count). The number of aryl methyl sites for hydroxylation is 1. The van der Waals surface area contributed by atoms with Gasteiger partial charge in [-0.25, -0.2) is 4.79 Å². The van der Waals surface area contributed by atoms with Gasteiger partial charge in [0.15, 0.2) is 0 Å². The van der Waals surface area contributed by atoms with Crippen LogP contribution in [0.15, 0.2) is 97.1 Å². The van der Waals surface area contributed by atoms with Gasteiger partial charge in [0.05, 0.1) is 6.61 Å². The Bertz CT molecular complexity index is 1580. The minimum atomic E-state index is -0.298. The summed E-state index contributed by atoms with van der Waals surface area (Å²) in [6.07, 6.45) is 0. The smallest absolute Gasteiger partial charge is 0.355 e. The van der Waals surface area contributed by atoms with Crippen molar-refractivity contribution >= 4 is 16.9 Å². The largest absolute Gasteiger partial charge is 0.461 e. The normalized spacial score (nSPS) is 11.6. The summed E-state index contributed by atoms with van der Waals surface area (Å²) in [7, 11) is 0. The molecule has 38 heavy (non-hydrogen) atoms. The molecule has 0 unspecified atom stereocenters. The van der Waals surface area contributed by atoms with E-state index in [1.54, 1.807) is 0 Å². The molecule has 5 aromatic rings. The van der Waals surface area contributed by atoms with Crippen molar-refractivity contribution in [1.29, 1.82) is 0 Å². The fraction of sp³-hybridized carbons (Fsp3) is 0.229. The van der Waals surface area contributed by atoms with Crippen molar-refractivity contribution in [2.75, 3.05) is 6.61 Å². The Hall–Kier alpha value is -4.11. The maximum atomic E-state index is 13.5. The fourth-order valence-electron chi connectivity index (χ4n) is 5.09. The predicted molar refractivity (Wildman–Crippen MR) is 158 cm³/mol. The molecule has 1 heterocycles. The molecule has 4 aromatic carbocycles. The van der Waals surface area contributed by atoms with E-state index in [9.17, 15) is 4.79 Å². The maximum absolute atomic E-state index is 13.5. The number of fused-ring (bicyclic) bond motifs is 1. The molecule has 0 atom stereocenters. The summed E-state index contributed by atoms with van der Waals surface area (Å²) in [6.45, 7) is 11.5. The Labute approximate surface area is 225 Å². The lowest BCUT2D eigenvalue weighted by atomic mass is 9.86. The molecule has 0 aliphatic carbocycles. The van der Waals surface area contributed by atoms with Gasteiger partial charge in [0.2, 0.25) is 0 Å². The zero-order valence-electron chi connectivity index (χ0n) is 22.9. The van der Waals surface area contributed by atoms with Crippen LogP contribution < -0.4 is 0 Å². The summed E-state index contributed by atoms with van der Waals surface area (Å²) in [4.78, 5) is 13.5. The van der Waals surface area contributed by atoms with Gasteiger partial charge in [0.1, 0.15) is 5.69 Å². The Morgan fingerprint density at radius 1 is 0.789 bits per heavy atom. The molecule has 0 N–H and O–H groups in total. The summed E-state index contributed by atoms with van der Waals surface area (Å²) < 4.78 is 7.74. The Morgan fingerprint density at radius 3 is 2.16 bits per heavy atom. The van der Waals surface area contributed by atoms with Crippen LogP contribution in [-0.2, 0) is 16.7 Å². The van der Waals surface area contributed by atoms with Crippen molar-refractivity contribution in [1.82, 2.24) is 4.57 Å². The van der Waals surface area contributed by atoms with Gasteiger partial charge in [-0.2, -0.15) is 0 Å². The molecule has 0 radical (unpaired) electrons. The quantitative estimate of drug-likeness (QED) is 0.218. The fourth-order valence-corrected chi connectivity index (χ4v) is 5.09. The number of hydrogen-bond acceptors (Lipinski definition) is 2. The Balaban J connectivity index is 1.66. The van der Waals surface area contributed by atoms with Gasteiger partial charge in [0.25, 0.3) is 0 Å². The lowest BCUT2D eigenvalue weighted by molar-refractivity contribution is 0.0516. The molecular weight excluding hydrogens is 466 g/mol. The first-order chi connectivity index (χ1) is 18.3. The van der Waals surface area contributed by atoms with Crippen LogP contribution in [0.1, 0.15) is 54.9 Å². The summed E-state index contributed by atoms with van der Waals surface area (Å²) >= 11 is 0. The van der Waals surface area contributed by atoms with Gasteiger partial charge in [-0.3, -0.25) is 0 Å². The van der Waals surface area contributed by atoms with Gasteiger partial charge in [-0.1, -0.05) is 111 Å². The number of esters is 1. The van der Waals surface area contributed by atoms with Crippen LogP contribution in [0, 0.1) is 6.92 Å². The molecule has 0 bridgehead atoms. The highest BCUT2D eigenvalue weighted by Crippen LogP contribution is 2.37. The van der Waals surface area contributed by atoms with E-state index < -0.39 is 0 Å². The van der Waals surface area contributed by atoms with Crippen LogP contribution in [-0.4, -0.2) is 17.1 Å². The summed E-state index contributed by atoms with van der Waals surface area (Å²) in [6, 6.07) is 34.0. The average Bonchev–Trinajstić information content (AvgIpc) is 3.23. The third kappa shape index (κ3) is 5.02. The number of nitrogens with zero attached hydrogens (tertiary/aromatic N) is 1. The first-order valence-corrected chi connectivity index (χ1v) is 13.3. The van der Waals surface area contributed by atoms with Crippen molar-refractivity contribution < 1.29 is 9.53 Å². The minimum Gasteiger partial charge on any atom is -0.461 e. The standard InChI is InChI=1S/C35H35NO2/c1-6-38-34(37)33-32(27-18-20-29(21-19-27)35(3,4)5)30-12-7-8-13-31(30)36(33)23-25-10-9-11-28(22-25)26-16-14-24(2)15-17-26/h7-22H,6,23H2,1-5H3. The van der Waals surface area contributed by atoms with Crippen LogP contribution in [0.2, 0.25) is 0 Å². The van der Waals surface area contributed by atoms with E-state index in [1.165, 1.54) is 16.7 Å². The van der Waals surface area contributed by atoms with Crippen molar-refractivity contribution in [3.8, 4) is 22.3 Å². The van der Waals surface area contributed by atoms with E-state index in [2.05, 4.69) is 117 Å². The molecule has 3 heteroatoms. The number of benzene rings is 4. The predicted octanol–water partition coefficient (Wildman–Crippen LogP) is 8.81. The SMILES string of the molecule is CCOC(=O)c1c(-c2ccc(C(C)(C)C)cc2)c2ccccc2n1Cc1cccc(-c2ccc(C)cc2)c1. The van der Waals surface area contributed by atoms with Crippen LogP contribution in [0.5, 0.6) is 0 Å². The molecule has 0 amide bonds. The lowest BCUT2D eigenvalue weighted by Crippen LogP contribution is -2.14. The number of aromatic nitrogens is 1. The molecule has 0 aliphatic rings. The zero-order chi connectivity index (χ0) is 26.9. The second-order valence-corrected chi connectivity index (χ2v) is 10.9. The molecule has 0 saturated carbocycles. The number of carbonyl (C=O) groups is 1. The van der Waals surface area contributed by atoms with Crippen LogP contribution in [0.4, 0.5) is 0 Å². The maximum Gasteiger partial charge on any atom is 0.355 e. The number of hydrogen-bond donors (Lipinski definition) is 0. The topological polar surface area (TPSA) is 31.2 Å². The van der Waals surface area contributed by atoms with Crippen LogP contribution in [0.3, 0.4) is 0 Å². The number of carbonyl (C=O) groups excluding carboxylic acids is 1. The number of para-hydroxylation sites is 1. The monoisotopic (exact) mass is 501 g/mol. The van der Waals surface area contributed by atoms with Crippen molar-refractivity contribution in [2.45, 2.75) is 46.6 Å². The molecule has 0 fully saturated rings. The highest BCUT2D eigenvalue weighted by molar-refractivity contribution is 6.08. The average molecular weight is 502 g/mol. The molecule has 0 saturated heterocycles. The molecule has 3 nitrogen and oxygen atoms in total. The molecular formula is C35H35NO2. The third-order valence-electron chi connectivity index (χ3n) is 7.13. The van der Waals surface area contributed by atoms with Gasteiger partial charge in [-0.15, -0.1) is 0 Å². The van der Waals surface area contributed by atoms with Crippen molar-refractivity contribution in [3.63, 3.8) is 0 Å². The van der Waals surface area contributed by atoms with E-state index >= 15 is 0 Å². The highest BCUT2D eigenvalue weighted by atomic mass is 16.5. The summed E-state index contributed by atoms with van der Waals surface area (Å²) in [5.41, 5.74) is 9.58. The van der Waals surface area contributed by atoms with E-state index in [4.69, 9.17) is 4.74 Å². The molecule has 1 aromatic heterocycles. The first-order valence-electron chi connectivity index (χ1n) is 13.3. The summed E-state index contributed by atoms with van der Waals surface area (Å²) in [5.74, 6) is -0.298. The Kier molecular flexibility index (Phi) is 6.94. The minimum absolute atomic E-state index is 0.0545. The number of ether oxygens (including phenoxy) is 1. The molecule has 0 aliphatic heterocycles. The lowest BCUT2D eigenvalue weighted by Gasteiger charge is -2.19. The van der Waals surface area contributed by atoms with Crippen LogP contribution >= 0.6 is 0 Å². The molecule has 192 valence electrons. The van der Waals surface area contributed by atoms with E-state index in [0.29, 0.717) is 18.8 Å². The van der Waals surface area contributed by atoms with Crippen molar-refractivity contribution in [3.05, 3.63) is 119 Å². The second kappa shape index (κ2) is 10.3. The Morgan fingerprint density at radius 2 is 1.47 bits per heavy atom. The number of rotatable bonds is 6. The summed E-state index contributed by atoms with van der Waals surface area (Å²) in [5, 5.41) is 1.05. The zero-order valence-corrected chi connectivity index (χ0v) is 22.9. The van der Waals surface area contributed by atoms with E-state index in [0.717, 1.165) is 33.2 Å².